The molecule has 2 heterocycles. The van der Waals surface area contributed by atoms with E-state index < -0.39 is 0 Å². The van der Waals surface area contributed by atoms with E-state index in [0.717, 1.165) is 47.7 Å². The second-order valence-corrected chi connectivity index (χ2v) is 7.35. The van der Waals surface area contributed by atoms with E-state index in [1.807, 2.05) is 51.2 Å². The molecule has 1 N–H and O–H groups in total. The molecule has 1 aromatic heterocycles. The number of anilines is 2. The maximum Gasteiger partial charge on any atom is 0.233 e. The predicted octanol–water partition coefficient (Wildman–Crippen LogP) is 3.07. The summed E-state index contributed by atoms with van der Waals surface area (Å²) in [4.78, 5) is 33.3. The summed E-state index contributed by atoms with van der Waals surface area (Å²) in [5.41, 5.74) is 5.03. The van der Waals surface area contributed by atoms with Crippen molar-refractivity contribution in [1.82, 2.24) is 9.88 Å². The van der Waals surface area contributed by atoms with Gasteiger partial charge in [0, 0.05) is 49.4 Å². The van der Waals surface area contributed by atoms with Crippen molar-refractivity contribution in [2.24, 2.45) is 0 Å². The lowest BCUT2D eigenvalue weighted by atomic mass is 10.1. The quantitative estimate of drug-likeness (QED) is 0.828. The first kappa shape index (κ1) is 19.9. The topological polar surface area (TPSA) is 65.5 Å². The molecule has 1 aliphatic heterocycles. The van der Waals surface area contributed by atoms with Crippen molar-refractivity contribution in [2.75, 3.05) is 36.4 Å². The molecule has 3 rings (SSSR count). The molecule has 0 atom stereocenters. The van der Waals surface area contributed by atoms with Gasteiger partial charge in [0.05, 0.1) is 0 Å². The molecule has 1 fully saturated rings. The summed E-state index contributed by atoms with van der Waals surface area (Å²) in [6.07, 6.45) is 2.57. The Hall–Kier alpha value is -2.89. The summed E-state index contributed by atoms with van der Waals surface area (Å²) < 4.78 is 0. The minimum Gasteiger partial charge on any atom is -0.370 e. The van der Waals surface area contributed by atoms with Gasteiger partial charge in [-0.2, -0.15) is 0 Å². The molecule has 1 aliphatic rings. The predicted molar refractivity (Wildman–Crippen MR) is 112 cm³/mol. The van der Waals surface area contributed by atoms with Crippen molar-refractivity contribution in [3.8, 4) is 0 Å². The van der Waals surface area contributed by atoms with Crippen LogP contribution in [0.3, 0.4) is 0 Å². The van der Waals surface area contributed by atoms with E-state index in [-0.39, 0.29) is 18.2 Å². The van der Waals surface area contributed by atoms with Crippen LogP contribution in [-0.2, 0) is 9.59 Å². The Bertz CT molecular complexity index is 865. The SMILES string of the molecule is Cc1cc(N2CCCN(C(=O)CC(=O)Nc3cccc(C)c3C)CC2)ccn1. The van der Waals surface area contributed by atoms with Crippen molar-refractivity contribution in [1.29, 1.82) is 0 Å². The van der Waals surface area contributed by atoms with Crippen LogP contribution in [0.25, 0.3) is 0 Å². The zero-order valence-electron chi connectivity index (χ0n) is 16.9. The average molecular weight is 380 g/mol. The first-order chi connectivity index (χ1) is 13.4. The molecule has 6 heteroatoms. The maximum absolute atomic E-state index is 12.6. The van der Waals surface area contributed by atoms with Gasteiger partial charge in [0.15, 0.2) is 0 Å². The van der Waals surface area contributed by atoms with Gasteiger partial charge in [-0.25, -0.2) is 0 Å². The zero-order valence-corrected chi connectivity index (χ0v) is 16.9. The maximum atomic E-state index is 12.6. The number of rotatable bonds is 4. The van der Waals surface area contributed by atoms with Gasteiger partial charge in [-0.3, -0.25) is 14.6 Å². The monoisotopic (exact) mass is 380 g/mol. The number of carbonyl (C=O) groups excluding carboxylic acids is 2. The normalized spacial score (nSPS) is 14.5. The Kier molecular flexibility index (Phi) is 6.29. The van der Waals surface area contributed by atoms with E-state index in [9.17, 15) is 9.59 Å². The lowest BCUT2D eigenvalue weighted by molar-refractivity contribution is -0.134. The van der Waals surface area contributed by atoms with E-state index >= 15 is 0 Å². The highest BCUT2D eigenvalue weighted by atomic mass is 16.2. The van der Waals surface area contributed by atoms with Gasteiger partial charge in [-0.1, -0.05) is 12.1 Å². The third-order valence-corrected chi connectivity index (χ3v) is 5.28. The molecule has 1 aromatic carbocycles. The fourth-order valence-corrected chi connectivity index (χ4v) is 3.48. The second kappa shape index (κ2) is 8.87. The number of carbonyl (C=O) groups is 2. The summed E-state index contributed by atoms with van der Waals surface area (Å²) in [6.45, 7) is 8.90. The molecule has 6 nitrogen and oxygen atoms in total. The summed E-state index contributed by atoms with van der Waals surface area (Å²) in [5, 5.41) is 2.87. The van der Waals surface area contributed by atoms with E-state index in [1.165, 1.54) is 0 Å². The van der Waals surface area contributed by atoms with Crippen LogP contribution in [0, 0.1) is 20.8 Å². The third kappa shape index (κ3) is 4.88. The molecule has 0 spiro atoms. The number of nitrogens with zero attached hydrogens (tertiary/aromatic N) is 3. The fourth-order valence-electron chi connectivity index (χ4n) is 3.48. The van der Waals surface area contributed by atoms with Gasteiger partial charge in [0.2, 0.25) is 11.8 Å². The van der Waals surface area contributed by atoms with Gasteiger partial charge in [-0.05, 0) is 56.5 Å². The first-order valence-electron chi connectivity index (χ1n) is 9.75. The van der Waals surface area contributed by atoms with Gasteiger partial charge < -0.3 is 15.1 Å². The number of hydrogen-bond donors (Lipinski definition) is 1. The zero-order chi connectivity index (χ0) is 20.1. The fraction of sp³-hybridized carbons (Fsp3) is 0.409. The van der Waals surface area contributed by atoms with Crippen LogP contribution in [0.4, 0.5) is 11.4 Å². The van der Waals surface area contributed by atoms with Crippen LogP contribution < -0.4 is 10.2 Å². The molecule has 28 heavy (non-hydrogen) atoms. The molecule has 0 aliphatic carbocycles. The van der Waals surface area contributed by atoms with Crippen molar-refractivity contribution in [2.45, 2.75) is 33.6 Å². The summed E-state index contributed by atoms with van der Waals surface area (Å²) in [5.74, 6) is -0.375. The van der Waals surface area contributed by atoms with Crippen LogP contribution in [0.15, 0.2) is 36.5 Å². The summed E-state index contributed by atoms with van der Waals surface area (Å²) in [7, 11) is 0. The number of nitrogens with one attached hydrogen (secondary N) is 1. The standard InChI is InChI=1S/C22H28N4O2/c1-16-6-4-7-20(18(16)3)24-21(27)15-22(28)26-11-5-10-25(12-13-26)19-8-9-23-17(2)14-19/h4,6-9,14H,5,10-13,15H2,1-3H3,(H,24,27). The minimum absolute atomic E-state index is 0.115. The summed E-state index contributed by atoms with van der Waals surface area (Å²) >= 11 is 0. The number of aromatic nitrogens is 1. The molecule has 148 valence electrons. The van der Waals surface area contributed by atoms with E-state index in [0.29, 0.717) is 13.1 Å². The minimum atomic E-state index is -0.260. The molecule has 1 saturated heterocycles. The van der Waals surface area contributed by atoms with Crippen molar-refractivity contribution >= 4 is 23.2 Å². The van der Waals surface area contributed by atoms with E-state index in [2.05, 4.69) is 21.3 Å². The number of hydrogen-bond acceptors (Lipinski definition) is 4. The van der Waals surface area contributed by atoms with Crippen molar-refractivity contribution < 1.29 is 9.59 Å². The molecule has 2 amide bonds. The Morgan fingerprint density at radius 3 is 2.68 bits per heavy atom. The Balaban J connectivity index is 1.56. The number of amides is 2. The van der Waals surface area contributed by atoms with Gasteiger partial charge in [0.1, 0.15) is 6.42 Å². The molecular weight excluding hydrogens is 352 g/mol. The largest absolute Gasteiger partial charge is 0.370 e. The first-order valence-corrected chi connectivity index (χ1v) is 9.75. The number of benzene rings is 1. The Morgan fingerprint density at radius 2 is 1.89 bits per heavy atom. The highest BCUT2D eigenvalue weighted by molar-refractivity contribution is 6.03. The van der Waals surface area contributed by atoms with Crippen LogP contribution in [0.2, 0.25) is 0 Å². The van der Waals surface area contributed by atoms with Gasteiger partial charge >= 0.3 is 0 Å². The molecular formula is C22H28N4O2. The Morgan fingerprint density at radius 1 is 1.07 bits per heavy atom. The van der Waals surface area contributed by atoms with Gasteiger partial charge in [-0.15, -0.1) is 0 Å². The van der Waals surface area contributed by atoms with Crippen LogP contribution >= 0.6 is 0 Å². The molecule has 0 unspecified atom stereocenters. The lowest BCUT2D eigenvalue weighted by Gasteiger charge is -2.24. The van der Waals surface area contributed by atoms with E-state index in [4.69, 9.17) is 0 Å². The number of pyridine rings is 1. The molecule has 0 radical (unpaired) electrons. The lowest BCUT2D eigenvalue weighted by Crippen LogP contribution is -2.37. The third-order valence-electron chi connectivity index (χ3n) is 5.28. The van der Waals surface area contributed by atoms with Gasteiger partial charge in [0.25, 0.3) is 0 Å². The highest BCUT2D eigenvalue weighted by Gasteiger charge is 2.21. The van der Waals surface area contributed by atoms with Crippen LogP contribution in [0.1, 0.15) is 29.7 Å². The number of aryl methyl sites for hydroxylation is 2. The highest BCUT2D eigenvalue weighted by Crippen LogP contribution is 2.19. The van der Waals surface area contributed by atoms with E-state index in [1.54, 1.807) is 4.90 Å². The Labute approximate surface area is 166 Å². The molecule has 0 bridgehead atoms. The van der Waals surface area contributed by atoms with Crippen molar-refractivity contribution in [3.63, 3.8) is 0 Å². The van der Waals surface area contributed by atoms with Crippen LogP contribution in [-0.4, -0.2) is 47.9 Å². The summed E-state index contributed by atoms with van der Waals surface area (Å²) in [6, 6.07) is 9.84. The average Bonchev–Trinajstić information content (AvgIpc) is 2.92. The molecule has 2 aromatic rings. The second-order valence-electron chi connectivity index (χ2n) is 7.35. The van der Waals surface area contributed by atoms with Crippen molar-refractivity contribution in [3.05, 3.63) is 53.3 Å². The smallest absolute Gasteiger partial charge is 0.233 e. The molecule has 0 saturated carbocycles. The van der Waals surface area contributed by atoms with Crippen LogP contribution in [0.5, 0.6) is 0 Å².